The van der Waals surface area contributed by atoms with E-state index in [9.17, 15) is 0 Å². The maximum absolute atomic E-state index is 6.42. The first kappa shape index (κ1) is 14.5. The van der Waals surface area contributed by atoms with E-state index in [1.54, 1.807) is 14.2 Å². The SMILES string of the molecule is COc1ccc(-c2noc(-c3ccc(OC)cc3)c2Cl)cc1. The van der Waals surface area contributed by atoms with Gasteiger partial charge in [-0.15, -0.1) is 0 Å². The summed E-state index contributed by atoms with van der Waals surface area (Å²) in [6, 6.07) is 14.9. The molecule has 1 aromatic heterocycles. The summed E-state index contributed by atoms with van der Waals surface area (Å²) >= 11 is 6.42. The summed E-state index contributed by atoms with van der Waals surface area (Å²) < 4.78 is 15.7. The molecule has 112 valence electrons. The lowest BCUT2D eigenvalue weighted by Crippen LogP contribution is -1.83. The van der Waals surface area contributed by atoms with Crippen molar-refractivity contribution in [2.45, 2.75) is 0 Å². The van der Waals surface area contributed by atoms with Crippen molar-refractivity contribution < 1.29 is 14.0 Å². The smallest absolute Gasteiger partial charge is 0.186 e. The zero-order valence-electron chi connectivity index (χ0n) is 12.2. The Hall–Kier alpha value is -2.46. The van der Waals surface area contributed by atoms with Gasteiger partial charge >= 0.3 is 0 Å². The summed E-state index contributed by atoms with van der Waals surface area (Å²) in [5.74, 6) is 2.09. The molecule has 22 heavy (non-hydrogen) atoms. The highest BCUT2D eigenvalue weighted by Gasteiger charge is 2.17. The minimum absolute atomic E-state index is 0.482. The zero-order valence-corrected chi connectivity index (χ0v) is 12.9. The Labute approximate surface area is 133 Å². The number of methoxy groups -OCH3 is 2. The number of nitrogens with zero attached hydrogens (tertiary/aromatic N) is 1. The van der Waals surface area contributed by atoms with Crippen molar-refractivity contribution in [2.75, 3.05) is 14.2 Å². The Morgan fingerprint density at radius 2 is 1.32 bits per heavy atom. The van der Waals surface area contributed by atoms with E-state index in [1.807, 2.05) is 48.5 Å². The number of rotatable bonds is 4. The predicted molar refractivity (Wildman–Crippen MR) is 85.5 cm³/mol. The van der Waals surface area contributed by atoms with Gasteiger partial charge in [-0.1, -0.05) is 16.8 Å². The molecule has 0 aliphatic carbocycles. The number of halogens is 1. The summed E-state index contributed by atoms with van der Waals surface area (Å²) in [7, 11) is 3.25. The average Bonchev–Trinajstić information content (AvgIpc) is 2.96. The molecule has 0 amide bonds. The molecule has 0 aliphatic heterocycles. The first-order valence-electron chi connectivity index (χ1n) is 6.67. The fraction of sp³-hybridized carbons (Fsp3) is 0.118. The Morgan fingerprint density at radius 1 is 0.818 bits per heavy atom. The van der Waals surface area contributed by atoms with Crippen molar-refractivity contribution in [1.29, 1.82) is 0 Å². The van der Waals surface area contributed by atoms with E-state index in [1.165, 1.54) is 0 Å². The Balaban J connectivity index is 1.96. The molecule has 5 heteroatoms. The minimum atomic E-state index is 0.482. The van der Waals surface area contributed by atoms with Crippen LogP contribution in [0.15, 0.2) is 53.1 Å². The lowest BCUT2D eigenvalue weighted by molar-refractivity contribution is 0.414. The van der Waals surface area contributed by atoms with Crippen molar-refractivity contribution >= 4 is 11.6 Å². The molecule has 0 bridgehead atoms. The lowest BCUT2D eigenvalue weighted by Gasteiger charge is -2.02. The first-order valence-corrected chi connectivity index (χ1v) is 7.04. The summed E-state index contributed by atoms with van der Waals surface area (Å²) in [5, 5.41) is 4.56. The van der Waals surface area contributed by atoms with Crippen LogP contribution in [0.5, 0.6) is 11.5 Å². The van der Waals surface area contributed by atoms with Crippen LogP contribution in [0.4, 0.5) is 0 Å². The quantitative estimate of drug-likeness (QED) is 0.701. The van der Waals surface area contributed by atoms with E-state index in [0.717, 1.165) is 22.6 Å². The van der Waals surface area contributed by atoms with E-state index in [0.29, 0.717) is 16.5 Å². The van der Waals surface area contributed by atoms with E-state index in [2.05, 4.69) is 5.16 Å². The van der Waals surface area contributed by atoms with Gasteiger partial charge in [-0.2, -0.15) is 0 Å². The van der Waals surface area contributed by atoms with Crippen LogP contribution >= 0.6 is 11.6 Å². The van der Waals surface area contributed by atoms with Gasteiger partial charge in [-0.05, 0) is 48.5 Å². The van der Waals surface area contributed by atoms with Crippen LogP contribution in [-0.4, -0.2) is 19.4 Å². The number of hydrogen-bond donors (Lipinski definition) is 0. The topological polar surface area (TPSA) is 44.5 Å². The molecule has 1 heterocycles. The van der Waals surface area contributed by atoms with E-state index >= 15 is 0 Å². The standard InChI is InChI=1S/C17H14ClNO3/c1-20-13-7-3-11(4-8-13)16-15(18)17(22-19-16)12-5-9-14(21-2)10-6-12/h3-10H,1-2H3. The Kier molecular flexibility index (Phi) is 4.02. The van der Waals surface area contributed by atoms with Crippen LogP contribution in [0.25, 0.3) is 22.6 Å². The maximum atomic E-state index is 6.42. The molecule has 0 atom stereocenters. The zero-order chi connectivity index (χ0) is 15.5. The summed E-state index contributed by atoms with van der Waals surface area (Å²) in [6.07, 6.45) is 0. The number of hydrogen-bond acceptors (Lipinski definition) is 4. The van der Waals surface area contributed by atoms with Crippen LogP contribution in [0.1, 0.15) is 0 Å². The molecule has 0 aliphatic rings. The molecule has 0 radical (unpaired) electrons. The van der Waals surface area contributed by atoms with Gasteiger partial charge in [0.1, 0.15) is 22.2 Å². The average molecular weight is 316 g/mol. The van der Waals surface area contributed by atoms with Crippen molar-refractivity contribution in [2.24, 2.45) is 0 Å². The molecule has 0 saturated heterocycles. The van der Waals surface area contributed by atoms with Crippen LogP contribution in [0, 0.1) is 0 Å². The molecule has 0 fully saturated rings. The molecule has 0 spiro atoms. The molecular formula is C17H14ClNO3. The summed E-state index contributed by atoms with van der Waals surface area (Å²) in [6.45, 7) is 0. The number of benzene rings is 2. The third-order valence-corrected chi connectivity index (χ3v) is 3.70. The molecule has 3 aromatic rings. The van der Waals surface area contributed by atoms with Gasteiger partial charge in [0.2, 0.25) is 0 Å². The molecule has 0 N–H and O–H groups in total. The highest BCUT2D eigenvalue weighted by atomic mass is 35.5. The normalized spacial score (nSPS) is 10.5. The van der Waals surface area contributed by atoms with Gasteiger partial charge in [-0.3, -0.25) is 0 Å². The van der Waals surface area contributed by atoms with E-state index in [4.69, 9.17) is 25.6 Å². The van der Waals surface area contributed by atoms with Gasteiger partial charge in [-0.25, -0.2) is 0 Å². The minimum Gasteiger partial charge on any atom is -0.497 e. The largest absolute Gasteiger partial charge is 0.497 e. The molecule has 2 aromatic carbocycles. The van der Waals surface area contributed by atoms with Crippen LogP contribution in [0.2, 0.25) is 5.02 Å². The van der Waals surface area contributed by atoms with E-state index < -0.39 is 0 Å². The van der Waals surface area contributed by atoms with E-state index in [-0.39, 0.29) is 0 Å². The maximum Gasteiger partial charge on any atom is 0.186 e. The van der Waals surface area contributed by atoms with Crippen molar-refractivity contribution in [3.8, 4) is 34.1 Å². The first-order chi connectivity index (χ1) is 10.7. The number of aromatic nitrogens is 1. The second-order valence-corrected chi connectivity index (χ2v) is 5.01. The van der Waals surface area contributed by atoms with Gasteiger partial charge in [0.15, 0.2) is 5.76 Å². The van der Waals surface area contributed by atoms with Crippen LogP contribution in [-0.2, 0) is 0 Å². The predicted octanol–water partition coefficient (Wildman–Crippen LogP) is 4.68. The van der Waals surface area contributed by atoms with Gasteiger partial charge in [0, 0.05) is 11.1 Å². The van der Waals surface area contributed by atoms with Crippen LogP contribution in [0.3, 0.4) is 0 Å². The molecular weight excluding hydrogens is 302 g/mol. The van der Waals surface area contributed by atoms with Gasteiger partial charge in [0.05, 0.1) is 14.2 Å². The Morgan fingerprint density at radius 3 is 1.82 bits per heavy atom. The lowest BCUT2D eigenvalue weighted by atomic mass is 10.1. The third kappa shape index (κ3) is 2.65. The summed E-state index contributed by atoms with van der Waals surface area (Å²) in [5.41, 5.74) is 2.32. The summed E-state index contributed by atoms with van der Waals surface area (Å²) in [4.78, 5) is 0. The van der Waals surface area contributed by atoms with Crippen molar-refractivity contribution in [3.63, 3.8) is 0 Å². The molecule has 0 unspecified atom stereocenters. The Bertz CT molecular complexity index is 699. The monoisotopic (exact) mass is 315 g/mol. The number of ether oxygens (including phenoxy) is 2. The van der Waals surface area contributed by atoms with Crippen molar-refractivity contribution in [1.82, 2.24) is 5.16 Å². The molecule has 3 rings (SSSR count). The third-order valence-electron chi connectivity index (χ3n) is 3.35. The second-order valence-electron chi connectivity index (χ2n) is 4.63. The fourth-order valence-electron chi connectivity index (χ4n) is 2.13. The molecule has 0 saturated carbocycles. The molecule has 4 nitrogen and oxygen atoms in total. The van der Waals surface area contributed by atoms with Crippen molar-refractivity contribution in [3.05, 3.63) is 53.6 Å². The highest BCUT2D eigenvalue weighted by Crippen LogP contribution is 2.37. The highest BCUT2D eigenvalue weighted by molar-refractivity contribution is 6.35. The van der Waals surface area contributed by atoms with Gasteiger partial charge in [0.25, 0.3) is 0 Å². The fourth-order valence-corrected chi connectivity index (χ4v) is 2.42. The van der Waals surface area contributed by atoms with Crippen LogP contribution < -0.4 is 9.47 Å². The second kappa shape index (κ2) is 6.12. The van der Waals surface area contributed by atoms with Gasteiger partial charge < -0.3 is 14.0 Å².